The largest absolute Gasteiger partial charge is 0.508 e. The van der Waals surface area contributed by atoms with Gasteiger partial charge in [0.2, 0.25) is 0 Å². The number of nitrogens with zero attached hydrogens (tertiary/aromatic N) is 1. The molecule has 0 aromatic heterocycles. The molecule has 0 radical (unpaired) electrons. The summed E-state index contributed by atoms with van der Waals surface area (Å²) in [5.41, 5.74) is 5.49. The van der Waals surface area contributed by atoms with Gasteiger partial charge in [0.05, 0.1) is 0 Å². The van der Waals surface area contributed by atoms with Crippen molar-refractivity contribution in [3.63, 3.8) is 0 Å². The van der Waals surface area contributed by atoms with Crippen LogP contribution in [0.15, 0.2) is 42.5 Å². The first-order valence-electron chi connectivity index (χ1n) is 8.25. The molecule has 1 heterocycles. The molecule has 0 saturated carbocycles. The summed E-state index contributed by atoms with van der Waals surface area (Å²) in [5.74, 6) is 1.47. The molecule has 1 aliphatic heterocycles. The number of likely N-dealkylation sites (tertiary alicyclic amines) is 1. The van der Waals surface area contributed by atoms with Gasteiger partial charge < -0.3 is 5.11 Å². The molecule has 0 amide bonds. The van der Waals surface area contributed by atoms with Crippen LogP contribution in [0.3, 0.4) is 0 Å². The fourth-order valence-electron chi connectivity index (χ4n) is 4.64. The zero-order valence-corrected chi connectivity index (χ0v) is 13.3. The number of aromatic hydroxyl groups is 1. The standard InChI is InChI=1S/C20H23NO/c1-13-5-3-6-14(11-13)19-16-9-8-15(22)12-18(16)20-17(19)7-4-10-21(20)2/h3,5-6,8-9,11-12,17,19-20,22H,4,7,10H2,1-2H3. The molecule has 2 aromatic rings. The van der Waals surface area contributed by atoms with E-state index in [0.29, 0.717) is 23.6 Å². The maximum absolute atomic E-state index is 9.96. The summed E-state index contributed by atoms with van der Waals surface area (Å²) in [6.07, 6.45) is 2.53. The molecule has 1 N–H and O–H groups in total. The number of piperidine rings is 1. The number of hydrogen-bond donors (Lipinski definition) is 1. The van der Waals surface area contributed by atoms with Crippen LogP contribution in [0, 0.1) is 12.8 Å². The van der Waals surface area contributed by atoms with E-state index in [1.54, 1.807) is 0 Å². The van der Waals surface area contributed by atoms with Crippen molar-refractivity contribution in [2.75, 3.05) is 13.6 Å². The number of aryl methyl sites for hydroxylation is 1. The van der Waals surface area contributed by atoms with Gasteiger partial charge in [0.15, 0.2) is 0 Å². The van der Waals surface area contributed by atoms with Gasteiger partial charge >= 0.3 is 0 Å². The fraction of sp³-hybridized carbons (Fsp3) is 0.400. The molecule has 1 aliphatic carbocycles. The van der Waals surface area contributed by atoms with Crippen LogP contribution in [0.4, 0.5) is 0 Å². The first kappa shape index (κ1) is 13.8. The quantitative estimate of drug-likeness (QED) is 0.850. The Hall–Kier alpha value is -1.80. The van der Waals surface area contributed by atoms with Crippen LogP contribution < -0.4 is 0 Å². The Morgan fingerprint density at radius 2 is 1.95 bits per heavy atom. The van der Waals surface area contributed by atoms with Crippen LogP contribution in [0.25, 0.3) is 0 Å². The van der Waals surface area contributed by atoms with Crippen LogP contribution in [0.1, 0.15) is 47.1 Å². The van der Waals surface area contributed by atoms with Crippen LogP contribution in [-0.4, -0.2) is 23.6 Å². The first-order valence-corrected chi connectivity index (χ1v) is 8.25. The van der Waals surface area contributed by atoms with Gasteiger partial charge in [-0.25, -0.2) is 0 Å². The summed E-state index contributed by atoms with van der Waals surface area (Å²) in [6, 6.07) is 15.4. The van der Waals surface area contributed by atoms with Gasteiger partial charge in [-0.15, -0.1) is 0 Å². The minimum atomic E-state index is 0.390. The van der Waals surface area contributed by atoms with Crippen molar-refractivity contribution in [2.24, 2.45) is 5.92 Å². The van der Waals surface area contributed by atoms with E-state index in [0.717, 1.165) is 6.54 Å². The summed E-state index contributed by atoms with van der Waals surface area (Å²) in [7, 11) is 2.23. The molecule has 3 unspecified atom stereocenters. The molecule has 3 atom stereocenters. The minimum absolute atomic E-state index is 0.390. The molecule has 2 nitrogen and oxygen atoms in total. The highest BCUT2D eigenvalue weighted by atomic mass is 16.3. The Morgan fingerprint density at radius 1 is 1.09 bits per heavy atom. The van der Waals surface area contributed by atoms with Gasteiger partial charge in [0.25, 0.3) is 0 Å². The Kier molecular flexibility index (Phi) is 3.23. The molecule has 22 heavy (non-hydrogen) atoms. The number of fused-ring (bicyclic) bond motifs is 3. The molecule has 1 saturated heterocycles. The van der Waals surface area contributed by atoms with Crippen molar-refractivity contribution in [3.05, 3.63) is 64.7 Å². The van der Waals surface area contributed by atoms with E-state index in [-0.39, 0.29) is 0 Å². The molecule has 4 rings (SSSR count). The zero-order chi connectivity index (χ0) is 15.3. The summed E-state index contributed by atoms with van der Waals surface area (Å²) in [5, 5.41) is 9.96. The van der Waals surface area contributed by atoms with E-state index in [4.69, 9.17) is 0 Å². The highest BCUT2D eigenvalue weighted by molar-refractivity contribution is 5.49. The van der Waals surface area contributed by atoms with Crippen molar-refractivity contribution < 1.29 is 5.11 Å². The molecule has 0 spiro atoms. The van der Waals surface area contributed by atoms with E-state index < -0.39 is 0 Å². The topological polar surface area (TPSA) is 23.5 Å². The van der Waals surface area contributed by atoms with Gasteiger partial charge in [-0.3, -0.25) is 4.90 Å². The van der Waals surface area contributed by atoms with E-state index in [1.807, 2.05) is 12.1 Å². The van der Waals surface area contributed by atoms with Crippen LogP contribution in [0.5, 0.6) is 5.75 Å². The second kappa shape index (κ2) is 5.13. The van der Waals surface area contributed by atoms with E-state index in [9.17, 15) is 5.11 Å². The second-order valence-corrected chi connectivity index (χ2v) is 6.94. The van der Waals surface area contributed by atoms with Gasteiger partial charge in [-0.2, -0.15) is 0 Å². The summed E-state index contributed by atoms with van der Waals surface area (Å²) in [6.45, 7) is 3.32. The summed E-state index contributed by atoms with van der Waals surface area (Å²) in [4.78, 5) is 2.47. The smallest absolute Gasteiger partial charge is 0.115 e. The highest BCUT2D eigenvalue weighted by Gasteiger charge is 2.44. The monoisotopic (exact) mass is 293 g/mol. The van der Waals surface area contributed by atoms with Gasteiger partial charge in [-0.05, 0) is 68.1 Å². The van der Waals surface area contributed by atoms with Crippen molar-refractivity contribution in [2.45, 2.75) is 31.7 Å². The lowest BCUT2D eigenvalue weighted by molar-refractivity contribution is 0.126. The van der Waals surface area contributed by atoms with Gasteiger partial charge in [-0.1, -0.05) is 35.9 Å². The average molecular weight is 293 g/mol. The average Bonchev–Trinajstić information content (AvgIpc) is 2.82. The lowest BCUT2D eigenvalue weighted by Gasteiger charge is -2.37. The molecule has 1 fully saturated rings. The SMILES string of the molecule is Cc1cccc(C2c3ccc(O)cc3C3C2CCCN3C)c1. The van der Waals surface area contributed by atoms with Crippen molar-refractivity contribution >= 4 is 0 Å². The Labute approximate surface area is 132 Å². The maximum Gasteiger partial charge on any atom is 0.115 e. The van der Waals surface area contributed by atoms with Gasteiger partial charge in [0.1, 0.15) is 5.75 Å². The second-order valence-electron chi connectivity index (χ2n) is 6.94. The number of benzene rings is 2. The molecule has 2 aliphatic rings. The number of hydrogen-bond acceptors (Lipinski definition) is 2. The molecule has 0 bridgehead atoms. The normalized spacial score (nSPS) is 27.5. The van der Waals surface area contributed by atoms with E-state index >= 15 is 0 Å². The predicted molar refractivity (Wildman–Crippen MR) is 89.2 cm³/mol. The molecular formula is C20H23NO. The predicted octanol–water partition coefficient (Wildman–Crippen LogP) is 4.23. The zero-order valence-electron chi connectivity index (χ0n) is 13.3. The van der Waals surface area contributed by atoms with Crippen LogP contribution >= 0.6 is 0 Å². The Morgan fingerprint density at radius 3 is 2.77 bits per heavy atom. The number of phenols is 1. The number of phenolic OH excluding ortho intramolecular Hbond substituents is 1. The van der Waals surface area contributed by atoms with Crippen molar-refractivity contribution in [1.82, 2.24) is 4.90 Å². The third kappa shape index (κ3) is 2.05. The maximum atomic E-state index is 9.96. The molecule has 114 valence electrons. The third-order valence-electron chi connectivity index (χ3n) is 5.48. The molecule has 2 aromatic carbocycles. The van der Waals surface area contributed by atoms with Crippen LogP contribution in [-0.2, 0) is 0 Å². The van der Waals surface area contributed by atoms with E-state index in [2.05, 4.69) is 49.2 Å². The van der Waals surface area contributed by atoms with E-state index in [1.165, 1.54) is 35.1 Å². The molecular weight excluding hydrogens is 270 g/mol. The summed E-state index contributed by atoms with van der Waals surface area (Å²) < 4.78 is 0. The first-order chi connectivity index (χ1) is 10.6. The highest BCUT2D eigenvalue weighted by Crippen LogP contribution is 2.54. The van der Waals surface area contributed by atoms with Crippen molar-refractivity contribution in [1.29, 1.82) is 0 Å². The fourth-order valence-corrected chi connectivity index (χ4v) is 4.64. The minimum Gasteiger partial charge on any atom is -0.508 e. The Bertz CT molecular complexity index is 709. The third-order valence-corrected chi connectivity index (χ3v) is 5.48. The number of rotatable bonds is 1. The van der Waals surface area contributed by atoms with Crippen LogP contribution in [0.2, 0.25) is 0 Å². The van der Waals surface area contributed by atoms with Gasteiger partial charge in [0, 0.05) is 12.0 Å². The summed E-state index contributed by atoms with van der Waals surface area (Å²) >= 11 is 0. The lowest BCUT2D eigenvalue weighted by Crippen LogP contribution is -2.34. The van der Waals surface area contributed by atoms with Crippen molar-refractivity contribution in [3.8, 4) is 5.75 Å². The Balaban J connectivity index is 1.88. The molecule has 2 heteroatoms. The lowest BCUT2D eigenvalue weighted by atomic mass is 9.80.